The highest BCUT2D eigenvalue weighted by Gasteiger charge is 2.29. The Hall–Kier alpha value is -2.25. The van der Waals surface area contributed by atoms with E-state index in [0.29, 0.717) is 5.02 Å². The van der Waals surface area contributed by atoms with Gasteiger partial charge in [-0.05, 0) is 30.3 Å². The molecule has 0 unspecified atom stereocenters. The Morgan fingerprint density at radius 2 is 1.71 bits per heavy atom. The van der Waals surface area contributed by atoms with Crippen molar-refractivity contribution in [2.45, 2.75) is 0 Å². The molecule has 0 aliphatic carbocycles. The highest BCUT2D eigenvalue weighted by atomic mass is 35.5. The lowest BCUT2D eigenvalue weighted by molar-refractivity contribution is 0.0602. The normalized spacial score (nSPS) is 10.6. The minimum Gasteiger partial charge on any atom is -0.465 e. The summed E-state index contributed by atoms with van der Waals surface area (Å²) in [5.74, 6) is -1.68. The highest BCUT2D eigenvalue weighted by molar-refractivity contribution is 6.39. The van der Waals surface area contributed by atoms with Gasteiger partial charge >= 0.3 is 5.97 Å². The van der Waals surface area contributed by atoms with E-state index in [1.807, 2.05) is 0 Å². The smallest absolute Gasteiger partial charge is 0.345 e. The van der Waals surface area contributed by atoms with Gasteiger partial charge in [-0.25, -0.2) is 4.79 Å². The number of ether oxygens (including phenoxy) is 1. The minimum absolute atomic E-state index is 0.0277. The molecule has 0 aliphatic heterocycles. The molecule has 0 saturated carbocycles. The second-order valence-electron chi connectivity index (χ2n) is 5.40. The van der Waals surface area contributed by atoms with E-state index in [0.717, 1.165) is 0 Å². The summed E-state index contributed by atoms with van der Waals surface area (Å²) < 4.78 is 9.95. The number of aromatic nitrogens is 1. The van der Waals surface area contributed by atoms with Crippen LogP contribution in [0.25, 0.3) is 11.3 Å². The van der Waals surface area contributed by atoms with E-state index in [1.54, 1.807) is 18.2 Å². The fourth-order valence-electron chi connectivity index (χ4n) is 2.41. The number of esters is 1. The van der Waals surface area contributed by atoms with Crippen molar-refractivity contribution < 1.29 is 18.8 Å². The average Bonchev–Trinajstić information content (AvgIpc) is 3.04. The molecule has 1 heterocycles. The predicted molar refractivity (Wildman–Crippen MR) is 108 cm³/mol. The van der Waals surface area contributed by atoms with Crippen LogP contribution in [0.1, 0.15) is 20.7 Å². The van der Waals surface area contributed by atoms with Gasteiger partial charge in [0, 0.05) is 10.6 Å². The number of amides is 1. The molecule has 0 fully saturated rings. The van der Waals surface area contributed by atoms with Crippen molar-refractivity contribution in [3.8, 4) is 11.3 Å². The molecule has 10 heteroatoms. The number of nitrogens with one attached hydrogen (secondary N) is 1. The first kappa shape index (κ1) is 20.5. The van der Waals surface area contributed by atoms with E-state index in [1.165, 1.54) is 25.3 Å². The molecule has 2 aromatic carbocycles. The third kappa shape index (κ3) is 3.95. The lowest BCUT2D eigenvalue weighted by atomic mass is 10.1. The molecule has 0 saturated heterocycles. The maximum atomic E-state index is 12.6. The van der Waals surface area contributed by atoms with Crippen LogP contribution in [0.4, 0.5) is 5.88 Å². The second kappa shape index (κ2) is 8.41. The Morgan fingerprint density at radius 1 is 1.04 bits per heavy atom. The minimum atomic E-state index is -0.801. The van der Waals surface area contributed by atoms with Crippen LogP contribution in [0.2, 0.25) is 20.1 Å². The van der Waals surface area contributed by atoms with Crippen LogP contribution in [0.3, 0.4) is 0 Å². The monoisotopic (exact) mass is 458 g/mol. The van der Waals surface area contributed by atoms with Gasteiger partial charge in [-0.3, -0.25) is 10.1 Å². The summed E-state index contributed by atoms with van der Waals surface area (Å²) in [5, 5.41) is 7.27. The van der Waals surface area contributed by atoms with Crippen molar-refractivity contribution >= 4 is 64.2 Å². The molecule has 28 heavy (non-hydrogen) atoms. The number of nitrogens with zero attached hydrogens (tertiary/aromatic N) is 1. The van der Waals surface area contributed by atoms with Crippen LogP contribution >= 0.6 is 46.4 Å². The van der Waals surface area contributed by atoms with Gasteiger partial charge in [0.15, 0.2) is 5.56 Å². The molecular formula is C18H10Cl4N2O4. The molecule has 3 aromatic rings. The predicted octanol–water partition coefficient (Wildman–Crippen LogP) is 5.99. The molecule has 1 amide bonds. The van der Waals surface area contributed by atoms with Crippen LogP contribution < -0.4 is 5.32 Å². The van der Waals surface area contributed by atoms with E-state index in [2.05, 4.69) is 10.5 Å². The van der Waals surface area contributed by atoms with Crippen molar-refractivity contribution in [3.05, 3.63) is 67.6 Å². The third-order valence-corrected chi connectivity index (χ3v) is 4.86. The first-order valence-electron chi connectivity index (χ1n) is 7.62. The fourth-order valence-corrected chi connectivity index (χ4v) is 3.48. The average molecular weight is 460 g/mol. The van der Waals surface area contributed by atoms with Crippen molar-refractivity contribution in [3.63, 3.8) is 0 Å². The maximum absolute atomic E-state index is 12.6. The highest BCUT2D eigenvalue weighted by Crippen LogP contribution is 2.38. The van der Waals surface area contributed by atoms with Gasteiger partial charge < -0.3 is 9.26 Å². The standard InChI is InChI=1S/C18H10Cl4N2O4/c1-27-18(26)14-15(13-10(20)3-2-4-11(13)21)24-28-17(14)23-16(25)9-6-5-8(19)7-12(9)22/h2-7H,1H3,(H,23,25). The quantitative estimate of drug-likeness (QED) is 0.484. The Morgan fingerprint density at radius 3 is 2.32 bits per heavy atom. The molecule has 1 N–H and O–H groups in total. The molecule has 0 atom stereocenters. The van der Waals surface area contributed by atoms with E-state index < -0.39 is 11.9 Å². The molecule has 0 spiro atoms. The number of carbonyl (C=O) groups is 2. The number of hydrogen-bond acceptors (Lipinski definition) is 5. The Balaban J connectivity index is 2.06. The summed E-state index contributed by atoms with van der Waals surface area (Å²) in [6.45, 7) is 0. The topological polar surface area (TPSA) is 81.4 Å². The SMILES string of the molecule is COC(=O)c1c(-c2c(Cl)cccc2Cl)noc1NC(=O)c1ccc(Cl)cc1Cl. The molecule has 0 aliphatic rings. The zero-order valence-corrected chi connectivity index (χ0v) is 17.1. The van der Waals surface area contributed by atoms with Crippen LogP contribution in [0.15, 0.2) is 40.9 Å². The Kier molecular flexibility index (Phi) is 6.15. The van der Waals surface area contributed by atoms with Gasteiger partial charge in [-0.15, -0.1) is 0 Å². The molecule has 0 radical (unpaired) electrons. The molecule has 0 bridgehead atoms. The van der Waals surface area contributed by atoms with Gasteiger partial charge in [-0.2, -0.15) is 0 Å². The maximum Gasteiger partial charge on any atom is 0.345 e. The number of rotatable bonds is 4. The lowest BCUT2D eigenvalue weighted by Gasteiger charge is -2.07. The largest absolute Gasteiger partial charge is 0.465 e. The number of hydrogen-bond donors (Lipinski definition) is 1. The van der Waals surface area contributed by atoms with E-state index in [9.17, 15) is 9.59 Å². The van der Waals surface area contributed by atoms with Gasteiger partial charge in [0.2, 0.25) is 5.88 Å². The van der Waals surface area contributed by atoms with Crippen LogP contribution in [0, 0.1) is 0 Å². The number of benzene rings is 2. The van der Waals surface area contributed by atoms with Crippen LogP contribution in [0.5, 0.6) is 0 Å². The Labute approximate surface area is 179 Å². The van der Waals surface area contributed by atoms with E-state index >= 15 is 0 Å². The second-order valence-corrected chi connectivity index (χ2v) is 7.06. The molecule has 3 rings (SSSR count). The van der Waals surface area contributed by atoms with Crippen LogP contribution in [-0.2, 0) is 4.74 Å². The van der Waals surface area contributed by atoms with Crippen molar-refractivity contribution in [1.29, 1.82) is 0 Å². The van der Waals surface area contributed by atoms with Crippen LogP contribution in [-0.4, -0.2) is 24.1 Å². The molecule has 1 aromatic heterocycles. The van der Waals surface area contributed by atoms with Gasteiger partial charge in [0.05, 0.1) is 27.7 Å². The summed E-state index contributed by atoms with van der Waals surface area (Å²) in [6.07, 6.45) is 0. The number of carbonyl (C=O) groups excluding carboxylic acids is 2. The molecular weight excluding hydrogens is 450 g/mol. The zero-order valence-electron chi connectivity index (χ0n) is 14.1. The first-order chi connectivity index (χ1) is 13.3. The van der Waals surface area contributed by atoms with Gasteiger partial charge in [0.25, 0.3) is 5.91 Å². The lowest BCUT2D eigenvalue weighted by Crippen LogP contribution is -2.15. The number of halogens is 4. The zero-order chi connectivity index (χ0) is 20.4. The third-order valence-electron chi connectivity index (χ3n) is 3.68. The van der Waals surface area contributed by atoms with E-state index in [-0.39, 0.29) is 43.3 Å². The summed E-state index contributed by atoms with van der Waals surface area (Å²) in [7, 11) is 1.18. The van der Waals surface area contributed by atoms with Crippen molar-refractivity contribution in [2.24, 2.45) is 0 Å². The Bertz CT molecular complexity index is 1060. The summed E-state index contributed by atoms with van der Waals surface area (Å²) in [4.78, 5) is 24.9. The summed E-state index contributed by atoms with van der Waals surface area (Å²) in [5.41, 5.74) is 0.270. The summed E-state index contributed by atoms with van der Waals surface area (Å²) in [6, 6.07) is 9.12. The number of methoxy groups -OCH3 is 1. The van der Waals surface area contributed by atoms with Gasteiger partial charge in [-0.1, -0.05) is 57.6 Å². The van der Waals surface area contributed by atoms with Crippen molar-refractivity contribution in [2.75, 3.05) is 12.4 Å². The van der Waals surface area contributed by atoms with Gasteiger partial charge in [0.1, 0.15) is 5.69 Å². The van der Waals surface area contributed by atoms with Crippen molar-refractivity contribution in [1.82, 2.24) is 5.16 Å². The molecule has 6 nitrogen and oxygen atoms in total. The van der Waals surface area contributed by atoms with E-state index in [4.69, 9.17) is 55.7 Å². The first-order valence-corrected chi connectivity index (χ1v) is 9.13. The summed E-state index contributed by atoms with van der Waals surface area (Å²) >= 11 is 24.3. The molecule has 144 valence electrons. The number of anilines is 1. The fraction of sp³-hybridized carbons (Fsp3) is 0.0556.